The zero-order valence-corrected chi connectivity index (χ0v) is 8.43. The molecule has 0 saturated carbocycles. The molecule has 0 heterocycles. The normalized spacial score (nSPS) is 12.9. The Hall–Kier alpha value is -0.520. The predicted octanol–water partition coefficient (Wildman–Crippen LogP) is 0.940. The number of hydrogen-bond donors (Lipinski definition) is 1. The van der Waals surface area contributed by atoms with E-state index in [1.165, 1.54) is 0 Å². The third-order valence-electron chi connectivity index (χ3n) is 2.18. The molecule has 1 unspecified atom stereocenters. The van der Waals surface area contributed by atoms with Gasteiger partial charge in [0, 0.05) is 6.54 Å². The van der Waals surface area contributed by atoms with E-state index < -0.39 is 0 Å². The van der Waals surface area contributed by atoms with Gasteiger partial charge in [0.05, 0.1) is 6.04 Å². The quantitative estimate of drug-likeness (QED) is 0.594. The standard InChI is InChI=1S/C10H20N2/c1-5-10(11-4)8-9-12(6-2)7-3/h1,10-11H,6-9H2,2-4H3. The van der Waals surface area contributed by atoms with Crippen molar-refractivity contribution in [2.24, 2.45) is 0 Å². The van der Waals surface area contributed by atoms with E-state index in [0.29, 0.717) is 0 Å². The monoisotopic (exact) mass is 168 g/mol. The summed E-state index contributed by atoms with van der Waals surface area (Å²) < 4.78 is 0. The summed E-state index contributed by atoms with van der Waals surface area (Å²) >= 11 is 0. The van der Waals surface area contributed by atoms with Gasteiger partial charge in [0.25, 0.3) is 0 Å². The molecule has 0 bridgehead atoms. The first kappa shape index (κ1) is 11.5. The Labute approximate surface area is 76.3 Å². The second kappa shape index (κ2) is 7.15. The van der Waals surface area contributed by atoms with Crippen molar-refractivity contribution in [3.8, 4) is 12.3 Å². The van der Waals surface area contributed by atoms with Crippen LogP contribution in [0.3, 0.4) is 0 Å². The van der Waals surface area contributed by atoms with Crippen LogP contribution in [0.25, 0.3) is 0 Å². The first-order valence-corrected chi connectivity index (χ1v) is 4.64. The maximum Gasteiger partial charge on any atom is 0.0696 e. The summed E-state index contributed by atoms with van der Waals surface area (Å²) in [5.74, 6) is 2.72. The van der Waals surface area contributed by atoms with Crippen LogP contribution in [0.2, 0.25) is 0 Å². The van der Waals surface area contributed by atoms with Gasteiger partial charge in [0.2, 0.25) is 0 Å². The highest BCUT2D eigenvalue weighted by Gasteiger charge is 2.03. The average Bonchev–Trinajstić information content (AvgIpc) is 2.13. The van der Waals surface area contributed by atoms with Gasteiger partial charge >= 0.3 is 0 Å². The minimum absolute atomic E-state index is 0.227. The van der Waals surface area contributed by atoms with Gasteiger partial charge in [0.15, 0.2) is 0 Å². The van der Waals surface area contributed by atoms with Crippen LogP contribution in [0, 0.1) is 12.3 Å². The second-order valence-electron chi connectivity index (χ2n) is 2.82. The number of nitrogens with zero attached hydrogens (tertiary/aromatic N) is 1. The van der Waals surface area contributed by atoms with E-state index in [4.69, 9.17) is 6.42 Å². The smallest absolute Gasteiger partial charge is 0.0696 e. The van der Waals surface area contributed by atoms with Crippen LogP contribution < -0.4 is 5.32 Å². The van der Waals surface area contributed by atoms with Crippen LogP contribution in [0.4, 0.5) is 0 Å². The molecule has 70 valence electrons. The predicted molar refractivity (Wildman–Crippen MR) is 54.1 cm³/mol. The third kappa shape index (κ3) is 4.38. The highest BCUT2D eigenvalue weighted by Crippen LogP contribution is 1.94. The van der Waals surface area contributed by atoms with E-state index in [0.717, 1.165) is 26.1 Å². The Morgan fingerprint density at radius 2 is 2.00 bits per heavy atom. The Morgan fingerprint density at radius 3 is 2.33 bits per heavy atom. The number of terminal acetylenes is 1. The Morgan fingerprint density at radius 1 is 1.42 bits per heavy atom. The minimum atomic E-state index is 0.227. The molecular formula is C10H20N2. The summed E-state index contributed by atoms with van der Waals surface area (Å²) in [4.78, 5) is 2.38. The van der Waals surface area contributed by atoms with Gasteiger partial charge in [-0.3, -0.25) is 0 Å². The molecule has 1 N–H and O–H groups in total. The van der Waals surface area contributed by atoms with Gasteiger partial charge in [-0.05, 0) is 26.6 Å². The number of hydrogen-bond acceptors (Lipinski definition) is 2. The van der Waals surface area contributed by atoms with Gasteiger partial charge in [-0.2, -0.15) is 0 Å². The zero-order valence-electron chi connectivity index (χ0n) is 8.43. The summed E-state index contributed by atoms with van der Waals surface area (Å²) in [6.07, 6.45) is 6.36. The van der Waals surface area contributed by atoms with Gasteiger partial charge in [-0.15, -0.1) is 6.42 Å². The molecule has 0 aliphatic heterocycles. The first-order valence-electron chi connectivity index (χ1n) is 4.64. The molecule has 0 radical (unpaired) electrons. The van der Waals surface area contributed by atoms with E-state index in [2.05, 4.69) is 30.0 Å². The summed E-state index contributed by atoms with van der Waals surface area (Å²) in [5.41, 5.74) is 0. The molecule has 2 nitrogen and oxygen atoms in total. The van der Waals surface area contributed by atoms with Crippen molar-refractivity contribution in [3.05, 3.63) is 0 Å². The lowest BCUT2D eigenvalue weighted by Gasteiger charge is -2.19. The van der Waals surface area contributed by atoms with E-state index in [1.54, 1.807) is 0 Å². The molecule has 0 aliphatic rings. The van der Waals surface area contributed by atoms with Gasteiger partial charge in [-0.1, -0.05) is 19.8 Å². The zero-order chi connectivity index (χ0) is 9.40. The Kier molecular flexibility index (Phi) is 6.84. The highest BCUT2D eigenvalue weighted by atomic mass is 15.1. The molecule has 0 aromatic carbocycles. The lowest BCUT2D eigenvalue weighted by molar-refractivity contribution is 0.292. The fraction of sp³-hybridized carbons (Fsp3) is 0.800. The average molecular weight is 168 g/mol. The van der Waals surface area contributed by atoms with Gasteiger partial charge in [0.1, 0.15) is 0 Å². The lowest BCUT2D eigenvalue weighted by atomic mass is 10.2. The molecule has 0 rings (SSSR count). The molecule has 0 fully saturated rings. The number of nitrogens with one attached hydrogen (secondary N) is 1. The van der Waals surface area contributed by atoms with Crippen molar-refractivity contribution < 1.29 is 0 Å². The first-order chi connectivity index (χ1) is 5.78. The molecule has 0 aliphatic carbocycles. The minimum Gasteiger partial charge on any atom is -0.307 e. The van der Waals surface area contributed by atoms with Crippen molar-refractivity contribution >= 4 is 0 Å². The van der Waals surface area contributed by atoms with Gasteiger partial charge in [-0.25, -0.2) is 0 Å². The molecule has 0 amide bonds. The fourth-order valence-corrected chi connectivity index (χ4v) is 1.16. The van der Waals surface area contributed by atoms with Crippen LogP contribution in [-0.4, -0.2) is 37.6 Å². The van der Waals surface area contributed by atoms with Crippen LogP contribution in [-0.2, 0) is 0 Å². The van der Waals surface area contributed by atoms with Crippen molar-refractivity contribution in [1.29, 1.82) is 0 Å². The van der Waals surface area contributed by atoms with Crippen LogP contribution in [0.5, 0.6) is 0 Å². The van der Waals surface area contributed by atoms with E-state index >= 15 is 0 Å². The summed E-state index contributed by atoms with van der Waals surface area (Å²) in [6.45, 7) is 7.65. The van der Waals surface area contributed by atoms with Crippen LogP contribution in [0.15, 0.2) is 0 Å². The fourth-order valence-electron chi connectivity index (χ4n) is 1.16. The van der Waals surface area contributed by atoms with E-state index in [-0.39, 0.29) is 6.04 Å². The largest absolute Gasteiger partial charge is 0.307 e. The molecular weight excluding hydrogens is 148 g/mol. The maximum absolute atomic E-state index is 5.32. The van der Waals surface area contributed by atoms with E-state index in [9.17, 15) is 0 Å². The van der Waals surface area contributed by atoms with Crippen molar-refractivity contribution in [3.63, 3.8) is 0 Å². The molecule has 12 heavy (non-hydrogen) atoms. The molecule has 0 aromatic rings. The maximum atomic E-state index is 5.32. The van der Waals surface area contributed by atoms with Crippen molar-refractivity contribution in [2.75, 3.05) is 26.7 Å². The Balaban J connectivity index is 3.58. The van der Waals surface area contributed by atoms with Crippen molar-refractivity contribution in [2.45, 2.75) is 26.3 Å². The van der Waals surface area contributed by atoms with E-state index in [1.807, 2.05) is 7.05 Å². The highest BCUT2D eigenvalue weighted by molar-refractivity contribution is 4.98. The van der Waals surface area contributed by atoms with Crippen LogP contribution in [0.1, 0.15) is 20.3 Å². The molecule has 0 aromatic heterocycles. The molecule has 1 atom stereocenters. The van der Waals surface area contributed by atoms with Crippen LogP contribution >= 0.6 is 0 Å². The number of rotatable bonds is 6. The van der Waals surface area contributed by atoms with Crippen molar-refractivity contribution in [1.82, 2.24) is 10.2 Å². The molecule has 2 heteroatoms. The molecule has 0 spiro atoms. The summed E-state index contributed by atoms with van der Waals surface area (Å²) in [6, 6.07) is 0.227. The summed E-state index contributed by atoms with van der Waals surface area (Å²) in [5, 5.41) is 3.09. The second-order valence-corrected chi connectivity index (χ2v) is 2.82. The third-order valence-corrected chi connectivity index (χ3v) is 2.18. The molecule has 0 saturated heterocycles. The SMILES string of the molecule is C#CC(CCN(CC)CC)NC. The van der Waals surface area contributed by atoms with Gasteiger partial charge < -0.3 is 10.2 Å². The lowest BCUT2D eigenvalue weighted by Crippen LogP contribution is -2.31. The Bertz CT molecular complexity index is 133. The summed E-state index contributed by atoms with van der Waals surface area (Å²) in [7, 11) is 1.91. The topological polar surface area (TPSA) is 15.3 Å².